The van der Waals surface area contributed by atoms with Crippen molar-refractivity contribution >= 4 is 12.0 Å². The number of nitrogens with one attached hydrogen (secondary N) is 1. The van der Waals surface area contributed by atoms with Gasteiger partial charge in [-0.05, 0) is 19.1 Å². The third kappa shape index (κ3) is 4.35. The summed E-state index contributed by atoms with van der Waals surface area (Å²) in [6.07, 6.45) is 0.269. The number of nitriles is 1. The van der Waals surface area contributed by atoms with Gasteiger partial charge in [0.15, 0.2) is 0 Å². The van der Waals surface area contributed by atoms with Crippen LogP contribution in [0.1, 0.15) is 29.7 Å². The van der Waals surface area contributed by atoms with Crippen LogP contribution in [0.15, 0.2) is 16.5 Å². The van der Waals surface area contributed by atoms with Crippen LogP contribution in [0.5, 0.6) is 0 Å². The fraction of sp³-hybridized carbons (Fsp3) is 0.417. The summed E-state index contributed by atoms with van der Waals surface area (Å²) >= 11 is 0. The van der Waals surface area contributed by atoms with Crippen molar-refractivity contribution in [3.63, 3.8) is 0 Å². The number of aromatic carboxylic acids is 1. The first kappa shape index (κ1) is 14.6. The van der Waals surface area contributed by atoms with Crippen LogP contribution >= 0.6 is 0 Å². The van der Waals surface area contributed by atoms with Gasteiger partial charge in [-0.15, -0.1) is 0 Å². The normalized spacial score (nSPS) is 9.68. The third-order valence-electron chi connectivity index (χ3n) is 2.45. The number of nitrogens with zero attached hydrogens (tertiary/aromatic N) is 2. The van der Waals surface area contributed by atoms with E-state index >= 15 is 0 Å². The van der Waals surface area contributed by atoms with Gasteiger partial charge in [0.2, 0.25) is 5.76 Å². The molecule has 102 valence electrons. The van der Waals surface area contributed by atoms with Gasteiger partial charge in [-0.25, -0.2) is 9.59 Å². The van der Waals surface area contributed by atoms with Gasteiger partial charge in [-0.1, -0.05) is 0 Å². The van der Waals surface area contributed by atoms with Crippen molar-refractivity contribution in [2.24, 2.45) is 0 Å². The molecule has 1 aromatic rings. The Kier molecular flexibility index (Phi) is 5.41. The highest BCUT2D eigenvalue weighted by Crippen LogP contribution is 2.07. The maximum absolute atomic E-state index is 11.7. The Bertz CT molecular complexity index is 489. The van der Waals surface area contributed by atoms with E-state index in [0.717, 1.165) is 0 Å². The first-order chi connectivity index (χ1) is 9.08. The second kappa shape index (κ2) is 7.06. The third-order valence-corrected chi connectivity index (χ3v) is 2.45. The number of furan rings is 1. The van der Waals surface area contributed by atoms with E-state index in [-0.39, 0.29) is 24.8 Å². The van der Waals surface area contributed by atoms with Crippen LogP contribution in [-0.2, 0) is 6.54 Å². The van der Waals surface area contributed by atoms with Gasteiger partial charge >= 0.3 is 12.0 Å². The Morgan fingerprint density at radius 2 is 2.26 bits per heavy atom. The van der Waals surface area contributed by atoms with E-state index < -0.39 is 5.97 Å². The molecule has 1 heterocycles. The average molecular weight is 265 g/mol. The largest absolute Gasteiger partial charge is 0.475 e. The van der Waals surface area contributed by atoms with Crippen LogP contribution in [0.25, 0.3) is 0 Å². The van der Waals surface area contributed by atoms with Crippen LogP contribution in [0.3, 0.4) is 0 Å². The fourth-order valence-electron chi connectivity index (χ4n) is 1.45. The lowest BCUT2D eigenvalue weighted by Crippen LogP contribution is -2.39. The van der Waals surface area contributed by atoms with Crippen molar-refractivity contribution in [3.05, 3.63) is 23.7 Å². The van der Waals surface area contributed by atoms with Crippen LogP contribution < -0.4 is 5.32 Å². The molecular formula is C12H15N3O4. The number of rotatable bonds is 6. The van der Waals surface area contributed by atoms with Gasteiger partial charge in [0.25, 0.3) is 0 Å². The van der Waals surface area contributed by atoms with Gasteiger partial charge in [-0.3, -0.25) is 0 Å². The number of amides is 2. The van der Waals surface area contributed by atoms with E-state index in [9.17, 15) is 9.59 Å². The molecule has 0 aromatic carbocycles. The van der Waals surface area contributed by atoms with Crippen molar-refractivity contribution in [1.29, 1.82) is 5.26 Å². The molecule has 0 fully saturated rings. The summed E-state index contributed by atoms with van der Waals surface area (Å²) in [6.45, 7) is 2.77. The number of carbonyl (C=O) groups is 2. The predicted molar refractivity (Wildman–Crippen MR) is 65.4 cm³/mol. The molecule has 0 atom stereocenters. The van der Waals surface area contributed by atoms with E-state index in [1.807, 2.05) is 13.0 Å². The summed E-state index contributed by atoms with van der Waals surface area (Å²) in [5, 5.41) is 19.8. The maximum Gasteiger partial charge on any atom is 0.371 e. The van der Waals surface area contributed by atoms with Gasteiger partial charge in [0.1, 0.15) is 5.76 Å². The predicted octanol–water partition coefficient (Wildman–Crippen LogP) is 1.42. The molecule has 1 rings (SSSR count). The minimum atomic E-state index is -1.15. The first-order valence-electron chi connectivity index (χ1n) is 5.80. The van der Waals surface area contributed by atoms with E-state index in [4.69, 9.17) is 14.8 Å². The lowest BCUT2D eigenvalue weighted by molar-refractivity contribution is 0.0660. The monoisotopic (exact) mass is 265 g/mol. The quantitative estimate of drug-likeness (QED) is 0.809. The molecule has 7 heteroatoms. The Morgan fingerprint density at radius 1 is 1.53 bits per heavy atom. The van der Waals surface area contributed by atoms with E-state index in [1.54, 1.807) is 0 Å². The van der Waals surface area contributed by atoms with Crippen molar-refractivity contribution < 1.29 is 19.1 Å². The highest BCUT2D eigenvalue weighted by Gasteiger charge is 2.13. The summed E-state index contributed by atoms with van der Waals surface area (Å²) < 4.78 is 5.00. The number of hydrogen-bond donors (Lipinski definition) is 2. The molecule has 0 spiro atoms. The average Bonchev–Trinajstić information content (AvgIpc) is 2.86. The lowest BCUT2D eigenvalue weighted by Gasteiger charge is -2.19. The Labute approximate surface area is 110 Å². The number of urea groups is 1. The Morgan fingerprint density at radius 3 is 2.79 bits per heavy atom. The van der Waals surface area contributed by atoms with Crippen LogP contribution in [0, 0.1) is 11.3 Å². The van der Waals surface area contributed by atoms with E-state index in [0.29, 0.717) is 18.8 Å². The first-order valence-corrected chi connectivity index (χ1v) is 5.80. The molecule has 0 aliphatic rings. The minimum Gasteiger partial charge on any atom is -0.475 e. The van der Waals surface area contributed by atoms with E-state index in [2.05, 4.69) is 5.32 Å². The Balaban J connectivity index is 2.48. The number of carbonyl (C=O) groups excluding carboxylic acids is 1. The van der Waals surface area contributed by atoms with Crippen LogP contribution in [-0.4, -0.2) is 35.1 Å². The van der Waals surface area contributed by atoms with Crippen molar-refractivity contribution in [2.75, 3.05) is 13.1 Å². The molecule has 0 bridgehead atoms. The molecule has 0 unspecified atom stereocenters. The molecule has 0 aliphatic carbocycles. The molecule has 1 aromatic heterocycles. The summed E-state index contributed by atoms with van der Waals surface area (Å²) in [5.74, 6) is -0.954. The zero-order valence-electron chi connectivity index (χ0n) is 10.5. The second-order valence-electron chi connectivity index (χ2n) is 3.72. The SMILES string of the molecule is CCN(CCC#N)C(=O)NCc1ccc(C(=O)O)o1. The molecule has 7 nitrogen and oxygen atoms in total. The molecule has 0 saturated heterocycles. The Hall–Kier alpha value is -2.49. The van der Waals surface area contributed by atoms with Gasteiger partial charge in [0, 0.05) is 13.1 Å². The van der Waals surface area contributed by atoms with Crippen molar-refractivity contribution in [1.82, 2.24) is 10.2 Å². The zero-order chi connectivity index (χ0) is 14.3. The van der Waals surface area contributed by atoms with Crippen molar-refractivity contribution in [2.45, 2.75) is 19.9 Å². The van der Waals surface area contributed by atoms with Gasteiger partial charge in [-0.2, -0.15) is 5.26 Å². The van der Waals surface area contributed by atoms with Gasteiger partial charge in [0.05, 0.1) is 19.0 Å². The minimum absolute atomic E-state index is 0.106. The molecule has 0 saturated carbocycles. The summed E-state index contributed by atoms with van der Waals surface area (Å²) in [4.78, 5) is 23.8. The smallest absolute Gasteiger partial charge is 0.371 e. The summed E-state index contributed by atoms with van der Waals surface area (Å²) in [7, 11) is 0. The lowest BCUT2D eigenvalue weighted by atomic mass is 10.4. The number of carboxylic acid groups (broad SMARTS) is 1. The molecule has 0 aliphatic heterocycles. The highest BCUT2D eigenvalue weighted by molar-refractivity contribution is 5.84. The fourth-order valence-corrected chi connectivity index (χ4v) is 1.45. The number of hydrogen-bond acceptors (Lipinski definition) is 4. The van der Waals surface area contributed by atoms with Crippen LogP contribution in [0.2, 0.25) is 0 Å². The maximum atomic E-state index is 11.7. The topological polar surface area (TPSA) is 107 Å². The van der Waals surface area contributed by atoms with Crippen LogP contribution in [0.4, 0.5) is 4.79 Å². The van der Waals surface area contributed by atoms with Gasteiger partial charge < -0.3 is 19.7 Å². The molecule has 0 radical (unpaired) electrons. The number of carboxylic acids is 1. The summed E-state index contributed by atoms with van der Waals surface area (Å²) in [6, 6.07) is 4.48. The second-order valence-corrected chi connectivity index (χ2v) is 3.72. The molecule has 19 heavy (non-hydrogen) atoms. The standard InChI is InChI=1S/C12H15N3O4/c1-2-15(7-3-6-13)12(18)14-8-9-4-5-10(19-9)11(16)17/h4-5H,2-3,7-8H2,1H3,(H,14,18)(H,16,17). The highest BCUT2D eigenvalue weighted by atomic mass is 16.4. The van der Waals surface area contributed by atoms with E-state index in [1.165, 1.54) is 17.0 Å². The summed E-state index contributed by atoms with van der Waals surface area (Å²) in [5.41, 5.74) is 0. The molecular weight excluding hydrogens is 250 g/mol. The molecule has 2 amide bonds. The molecule has 2 N–H and O–H groups in total. The van der Waals surface area contributed by atoms with Crippen molar-refractivity contribution in [3.8, 4) is 6.07 Å². The zero-order valence-corrected chi connectivity index (χ0v) is 10.5.